The number of benzene rings is 3. The van der Waals surface area contributed by atoms with Gasteiger partial charge in [-0.1, -0.05) is 24.3 Å². The highest BCUT2D eigenvalue weighted by Crippen LogP contribution is 2.32. The summed E-state index contributed by atoms with van der Waals surface area (Å²) in [6, 6.07) is 15.1. The number of amides is 1. The van der Waals surface area contributed by atoms with Gasteiger partial charge in [-0.15, -0.1) is 0 Å². The molecule has 1 aliphatic rings. The summed E-state index contributed by atoms with van der Waals surface area (Å²) in [5.74, 6) is -1.68. The fourth-order valence-corrected chi connectivity index (χ4v) is 6.43. The molecule has 10 heteroatoms. The molecule has 1 amide bonds. The van der Waals surface area contributed by atoms with Crippen molar-refractivity contribution in [1.29, 1.82) is 0 Å². The van der Waals surface area contributed by atoms with E-state index >= 15 is 0 Å². The van der Waals surface area contributed by atoms with Crippen molar-refractivity contribution in [1.82, 2.24) is 10.6 Å². The van der Waals surface area contributed by atoms with E-state index in [2.05, 4.69) is 10.6 Å². The van der Waals surface area contributed by atoms with Crippen molar-refractivity contribution in [2.75, 3.05) is 12.3 Å². The molecular weight excluding hydrogens is 538 g/mol. The Bertz CT molecular complexity index is 1440. The van der Waals surface area contributed by atoms with E-state index < -0.39 is 51.2 Å². The summed E-state index contributed by atoms with van der Waals surface area (Å²) >= 11 is 0. The lowest BCUT2D eigenvalue weighted by Gasteiger charge is -2.31. The Morgan fingerprint density at radius 2 is 1.73 bits per heavy atom. The number of carbonyl (C=O) groups is 1. The zero-order chi connectivity index (χ0) is 29.1. The zero-order valence-corrected chi connectivity index (χ0v) is 23.5. The molecule has 0 aliphatic carbocycles. The van der Waals surface area contributed by atoms with E-state index in [0.29, 0.717) is 16.9 Å². The van der Waals surface area contributed by atoms with Gasteiger partial charge in [0, 0.05) is 24.2 Å². The molecule has 0 unspecified atom stereocenters. The van der Waals surface area contributed by atoms with Crippen molar-refractivity contribution >= 4 is 15.7 Å². The van der Waals surface area contributed by atoms with Gasteiger partial charge >= 0.3 is 0 Å². The number of nitrogens with one attached hydrogen (secondary N) is 2. The molecule has 3 aromatic carbocycles. The number of hydrogen-bond donors (Lipinski definition) is 3. The van der Waals surface area contributed by atoms with Crippen molar-refractivity contribution in [2.45, 2.75) is 56.7 Å². The first kappa shape index (κ1) is 29.6. The van der Waals surface area contributed by atoms with Crippen molar-refractivity contribution < 1.29 is 31.8 Å². The van der Waals surface area contributed by atoms with Gasteiger partial charge in [-0.25, -0.2) is 17.2 Å². The minimum atomic E-state index is -3.41. The molecule has 0 saturated heterocycles. The Hall–Kier alpha value is -3.34. The molecule has 0 spiro atoms. The van der Waals surface area contributed by atoms with Crippen molar-refractivity contribution in [2.24, 2.45) is 0 Å². The first-order chi connectivity index (χ1) is 18.8. The smallest absolute Gasteiger partial charge is 0.251 e. The highest BCUT2D eigenvalue weighted by atomic mass is 32.2. The minimum Gasteiger partial charge on any atom is -0.488 e. The summed E-state index contributed by atoms with van der Waals surface area (Å²) in [5.41, 5.74) is 1.56. The molecular formula is C30H34F2N2O5S. The van der Waals surface area contributed by atoms with E-state index in [0.717, 1.165) is 23.8 Å². The van der Waals surface area contributed by atoms with E-state index in [-0.39, 0.29) is 30.0 Å². The number of aliphatic hydroxyl groups excluding tert-OH is 1. The lowest BCUT2D eigenvalue weighted by atomic mass is 9.98. The Balaban J connectivity index is 1.55. The lowest BCUT2D eigenvalue weighted by molar-refractivity contribution is 0.0825. The van der Waals surface area contributed by atoms with E-state index in [1.807, 2.05) is 26.8 Å². The summed E-state index contributed by atoms with van der Waals surface area (Å²) in [6.45, 7) is 5.65. The van der Waals surface area contributed by atoms with Gasteiger partial charge in [-0.05, 0) is 80.3 Å². The second-order valence-electron chi connectivity index (χ2n) is 11.1. The monoisotopic (exact) mass is 572 g/mol. The van der Waals surface area contributed by atoms with Gasteiger partial charge in [-0.3, -0.25) is 4.79 Å². The molecule has 3 aromatic rings. The topological polar surface area (TPSA) is 105 Å². The number of fused-ring (bicyclic) bond motifs is 1. The van der Waals surface area contributed by atoms with Crippen LogP contribution in [0.15, 0.2) is 66.7 Å². The number of aliphatic hydroxyl groups is 1. The molecule has 1 heterocycles. The molecule has 0 radical (unpaired) electrons. The summed E-state index contributed by atoms with van der Waals surface area (Å²) < 4.78 is 59.0. The maximum atomic E-state index is 13.9. The zero-order valence-electron chi connectivity index (χ0n) is 22.7. The molecule has 3 N–H and O–H groups in total. The van der Waals surface area contributed by atoms with Gasteiger partial charge in [0.1, 0.15) is 23.0 Å². The van der Waals surface area contributed by atoms with E-state index in [9.17, 15) is 27.1 Å². The van der Waals surface area contributed by atoms with Crippen LogP contribution in [0, 0.1) is 11.6 Å². The SMILES string of the molecule is CC(C)(C)Oc1ccc2c(c1)[C@@H](NC[C@@H](O)[C@H](Cc1cc(F)cc(F)c1)NC(=O)c1ccccc1)CS(=O)(=O)C2. The van der Waals surface area contributed by atoms with Crippen LogP contribution in [0.3, 0.4) is 0 Å². The number of rotatable bonds is 9. The van der Waals surface area contributed by atoms with Gasteiger partial charge < -0.3 is 20.5 Å². The molecule has 0 aromatic heterocycles. The maximum Gasteiger partial charge on any atom is 0.251 e. The predicted octanol–water partition coefficient (Wildman–Crippen LogP) is 4.10. The normalized spacial score (nSPS) is 17.9. The minimum absolute atomic E-state index is 0.0563. The van der Waals surface area contributed by atoms with Gasteiger partial charge in [0.05, 0.1) is 23.7 Å². The summed E-state index contributed by atoms with van der Waals surface area (Å²) in [4.78, 5) is 12.9. The number of ether oxygens (including phenoxy) is 1. The van der Waals surface area contributed by atoms with Crippen LogP contribution < -0.4 is 15.4 Å². The molecule has 1 aliphatic heterocycles. The number of hydrogen-bond acceptors (Lipinski definition) is 6. The molecule has 0 bridgehead atoms. The summed E-state index contributed by atoms with van der Waals surface area (Å²) in [7, 11) is -3.41. The van der Waals surface area contributed by atoms with Crippen molar-refractivity contribution in [3.05, 3.63) is 101 Å². The third kappa shape index (κ3) is 8.09. The Morgan fingerprint density at radius 1 is 1.05 bits per heavy atom. The molecule has 4 rings (SSSR count). The number of sulfone groups is 1. The third-order valence-corrected chi connectivity index (χ3v) is 8.07. The van der Waals surface area contributed by atoms with Crippen LogP contribution in [0.25, 0.3) is 0 Å². The highest BCUT2D eigenvalue weighted by molar-refractivity contribution is 7.90. The van der Waals surface area contributed by atoms with Crippen molar-refractivity contribution in [3.63, 3.8) is 0 Å². The van der Waals surface area contributed by atoms with Gasteiger partial charge in [0.15, 0.2) is 9.84 Å². The fraction of sp³-hybridized carbons (Fsp3) is 0.367. The van der Waals surface area contributed by atoms with Crippen LogP contribution >= 0.6 is 0 Å². The second-order valence-corrected chi connectivity index (χ2v) is 13.2. The summed E-state index contributed by atoms with van der Waals surface area (Å²) in [6.07, 6.45) is -1.28. The van der Waals surface area contributed by atoms with Crippen LogP contribution in [0.1, 0.15) is 53.9 Å². The maximum absolute atomic E-state index is 13.9. The van der Waals surface area contributed by atoms with Crippen LogP contribution in [0.5, 0.6) is 5.75 Å². The van der Waals surface area contributed by atoms with Crippen LogP contribution in [0.2, 0.25) is 0 Å². The standard InChI is InChI=1S/C30H34F2N2O5S/c1-30(2,3)39-24-10-9-21-17-40(37,38)18-27(25(21)15-24)33-16-28(35)26(13-19-11-22(31)14-23(32)12-19)34-29(36)20-7-5-4-6-8-20/h4-12,14-15,26-28,33,35H,13,16-18H2,1-3H3,(H,34,36)/t26-,27-,28+/m0/s1. The Morgan fingerprint density at radius 3 is 2.38 bits per heavy atom. The van der Waals surface area contributed by atoms with Gasteiger partial charge in [0.2, 0.25) is 0 Å². The average Bonchev–Trinajstić information content (AvgIpc) is 2.85. The van der Waals surface area contributed by atoms with Gasteiger partial charge in [0.25, 0.3) is 5.91 Å². The largest absolute Gasteiger partial charge is 0.488 e. The first-order valence-electron chi connectivity index (χ1n) is 13.0. The van der Waals surface area contributed by atoms with Crippen molar-refractivity contribution in [3.8, 4) is 5.75 Å². The number of carbonyl (C=O) groups excluding carboxylic acids is 1. The van der Waals surface area contributed by atoms with Crippen LogP contribution in [0.4, 0.5) is 8.78 Å². The second kappa shape index (κ2) is 12.0. The molecule has 7 nitrogen and oxygen atoms in total. The quantitative estimate of drug-likeness (QED) is 0.357. The predicted molar refractivity (Wildman–Crippen MR) is 149 cm³/mol. The Labute approximate surface area is 233 Å². The molecule has 3 atom stereocenters. The van der Waals surface area contributed by atoms with Crippen LogP contribution in [-0.2, 0) is 22.0 Å². The van der Waals surface area contributed by atoms with Crippen LogP contribution in [-0.4, -0.2) is 49.5 Å². The summed E-state index contributed by atoms with van der Waals surface area (Å²) in [5, 5.41) is 17.1. The highest BCUT2D eigenvalue weighted by Gasteiger charge is 2.32. The fourth-order valence-electron chi connectivity index (χ4n) is 4.77. The first-order valence-corrected chi connectivity index (χ1v) is 14.8. The van der Waals surface area contributed by atoms with E-state index in [1.54, 1.807) is 42.5 Å². The number of halogens is 2. The lowest BCUT2D eigenvalue weighted by Crippen LogP contribution is -2.50. The molecule has 0 fully saturated rings. The average molecular weight is 573 g/mol. The molecule has 0 saturated carbocycles. The molecule has 214 valence electrons. The molecule has 40 heavy (non-hydrogen) atoms. The third-order valence-electron chi connectivity index (χ3n) is 6.48. The van der Waals surface area contributed by atoms with E-state index in [1.165, 1.54) is 0 Å². The van der Waals surface area contributed by atoms with E-state index in [4.69, 9.17) is 4.74 Å². The van der Waals surface area contributed by atoms with Gasteiger partial charge in [-0.2, -0.15) is 0 Å². The Kier molecular flexibility index (Phi) is 8.92.